The average molecular weight is 293 g/mol. The first-order chi connectivity index (χ1) is 9.64. The second kappa shape index (κ2) is 5.25. The third-order valence-electron chi connectivity index (χ3n) is 3.92. The van der Waals surface area contributed by atoms with Crippen molar-refractivity contribution < 1.29 is 8.78 Å². The van der Waals surface area contributed by atoms with Gasteiger partial charge in [0.05, 0.1) is 5.56 Å². The van der Waals surface area contributed by atoms with Crippen molar-refractivity contribution in [2.24, 2.45) is 0 Å². The predicted octanol–water partition coefficient (Wildman–Crippen LogP) is 3.79. The Hall–Kier alpha value is -1.70. The van der Waals surface area contributed by atoms with Gasteiger partial charge in [0.15, 0.2) is 0 Å². The molecule has 1 aliphatic rings. The van der Waals surface area contributed by atoms with E-state index in [1.54, 1.807) is 4.90 Å². The molecule has 0 aromatic carbocycles. The number of hydrogen-bond donors (Lipinski definition) is 0. The molecule has 2 rings (SSSR count). The van der Waals surface area contributed by atoms with Gasteiger partial charge in [-0.05, 0) is 24.0 Å². The first-order valence-electron chi connectivity index (χ1n) is 7.19. The normalized spacial score (nSPS) is 18.4. The van der Waals surface area contributed by atoms with Crippen LogP contribution in [-0.4, -0.2) is 24.0 Å². The summed E-state index contributed by atoms with van der Waals surface area (Å²) in [4.78, 5) is 6.34. The highest BCUT2D eigenvalue weighted by Gasteiger charge is 2.35. The Kier molecular flexibility index (Phi) is 3.92. The van der Waals surface area contributed by atoms with Gasteiger partial charge in [-0.25, -0.2) is 13.8 Å². The quantitative estimate of drug-likeness (QED) is 0.790. The van der Waals surface area contributed by atoms with Crippen LogP contribution in [0.3, 0.4) is 0 Å². The molecular weight excluding hydrogens is 272 g/mol. The summed E-state index contributed by atoms with van der Waals surface area (Å²) in [5.74, 6) is -2.05. The zero-order valence-corrected chi connectivity index (χ0v) is 13.0. The summed E-state index contributed by atoms with van der Waals surface area (Å²) in [5, 5.41) is 9.37. The zero-order chi connectivity index (χ0) is 15.8. The van der Waals surface area contributed by atoms with E-state index in [0.717, 1.165) is 11.3 Å². The summed E-state index contributed by atoms with van der Waals surface area (Å²) in [5.41, 5.74) is 2.24. The fraction of sp³-hybridized carbons (Fsp3) is 0.625. The van der Waals surface area contributed by atoms with Crippen molar-refractivity contribution in [2.45, 2.75) is 51.9 Å². The topological polar surface area (TPSA) is 39.9 Å². The van der Waals surface area contributed by atoms with Crippen LogP contribution in [0.5, 0.6) is 0 Å². The molecule has 0 radical (unpaired) electrons. The fourth-order valence-corrected chi connectivity index (χ4v) is 2.72. The van der Waals surface area contributed by atoms with Crippen molar-refractivity contribution in [1.29, 1.82) is 5.26 Å². The molecule has 0 N–H and O–H groups in total. The monoisotopic (exact) mass is 293 g/mol. The van der Waals surface area contributed by atoms with Crippen LogP contribution in [-0.2, 0) is 5.41 Å². The van der Waals surface area contributed by atoms with E-state index in [9.17, 15) is 14.0 Å². The molecule has 0 atom stereocenters. The standard InChI is InChI=1S/C16H21F2N3/c1-11-13(15(2,3)4)9-12(10-19)14(20-11)21-7-5-16(17,18)6-8-21/h9H,5-8H2,1-4H3. The molecule has 0 aliphatic carbocycles. The third-order valence-corrected chi connectivity index (χ3v) is 3.92. The number of nitriles is 1. The predicted molar refractivity (Wildman–Crippen MR) is 78.8 cm³/mol. The van der Waals surface area contributed by atoms with Crippen LogP contribution in [0, 0.1) is 18.3 Å². The maximum atomic E-state index is 13.3. The molecule has 114 valence electrons. The Labute approximate surface area is 124 Å². The maximum absolute atomic E-state index is 13.3. The second-order valence-corrected chi connectivity index (χ2v) is 6.70. The Morgan fingerprint density at radius 2 is 1.86 bits per heavy atom. The lowest BCUT2D eigenvalue weighted by Crippen LogP contribution is -2.40. The highest BCUT2D eigenvalue weighted by atomic mass is 19.3. The summed E-state index contributed by atoms with van der Waals surface area (Å²) in [7, 11) is 0. The fourth-order valence-electron chi connectivity index (χ4n) is 2.72. The number of hydrogen-bond acceptors (Lipinski definition) is 3. The van der Waals surface area contributed by atoms with E-state index in [1.807, 2.05) is 13.0 Å². The zero-order valence-electron chi connectivity index (χ0n) is 13.0. The number of nitrogens with zero attached hydrogens (tertiary/aromatic N) is 3. The highest BCUT2D eigenvalue weighted by molar-refractivity contribution is 5.57. The van der Waals surface area contributed by atoms with E-state index in [-0.39, 0.29) is 31.3 Å². The number of aromatic nitrogens is 1. The summed E-state index contributed by atoms with van der Waals surface area (Å²) >= 11 is 0. The van der Waals surface area contributed by atoms with Crippen LogP contribution < -0.4 is 4.90 Å². The average Bonchev–Trinajstić information content (AvgIpc) is 2.37. The first-order valence-corrected chi connectivity index (χ1v) is 7.19. The van der Waals surface area contributed by atoms with Crippen molar-refractivity contribution in [2.75, 3.05) is 18.0 Å². The lowest BCUT2D eigenvalue weighted by molar-refractivity contribution is -0.0221. The van der Waals surface area contributed by atoms with Crippen LogP contribution in [0.25, 0.3) is 0 Å². The van der Waals surface area contributed by atoms with Crippen molar-refractivity contribution in [3.05, 3.63) is 22.9 Å². The van der Waals surface area contributed by atoms with Gasteiger partial charge >= 0.3 is 0 Å². The summed E-state index contributed by atoms with van der Waals surface area (Å²) in [6.45, 7) is 8.59. The van der Waals surface area contributed by atoms with Gasteiger partial charge in [0.1, 0.15) is 11.9 Å². The smallest absolute Gasteiger partial charge is 0.251 e. The molecule has 3 nitrogen and oxygen atoms in total. The van der Waals surface area contributed by atoms with Crippen molar-refractivity contribution >= 4 is 5.82 Å². The SMILES string of the molecule is Cc1nc(N2CCC(F)(F)CC2)c(C#N)cc1C(C)(C)C. The largest absolute Gasteiger partial charge is 0.355 e. The molecule has 1 aromatic rings. The van der Waals surface area contributed by atoms with Gasteiger partial charge in [0.2, 0.25) is 0 Å². The lowest BCUT2D eigenvalue weighted by Gasteiger charge is -2.33. The molecule has 1 aliphatic heterocycles. The van der Waals surface area contributed by atoms with Gasteiger partial charge in [-0.15, -0.1) is 0 Å². The molecule has 5 heteroatoms. The van der Waals surface area contributed by atoms with E-state index in [4.69, 9.17) is 0 Å². The van der Waals surface area contributed by atoms with Crippen LogP contribution in [0.1, 0.15) is 50.4 Å². The van der Waals surface area contributed by atoms with Gasteiger partial charge in [-0.2, -0.15) is 5.26 Å². The number of anilines is 1. The molecule has 21 heavy (non-hydrogen) atoms. The molecule has 0 unspecified atom stereocenters. The highest BCUT2D eigenvalue weighted by Crippen LogP contribution is 2.33. The van der Waals surface area contributed by atoms with Crippen LogP contribution in [0.15, 0.2) is 6.07 Å². The van der Waals surface area contributed by atoms with Gasteiger partial charge in [-0.1, -0.05) is 20.8 Å². The minimum atomic E-state index is -2.59. The third kappa shape index (κ3) is 3.31. The van der Waals surface area contributed by atoms with E-state index < -0.39 is 5.92 Å². The number of pyridine rings is 1. The van der Waals surface area contributed by atoms with Gasteiger partial charge in [0.25, 0.3) is 5.92 Å². The number of alkyl halides is 2. The Morgan fingerprint density at radius 1 is 1.29 bits per heavy atom. The minimum Gasteiger partial charge on any atom is -0.355 e. The summed E-state index contributed by atoms with van der Waals surface area (Å²) in [6, 6.07) is 4.01. The Bertz CT molecular complexity index is 572. The van der Waals surface area contributed by atoms with Crippen LogP contribution >= 0.6 is 0 Å². The number of aryl methyl sites for hydroxylation is 1. The molecule has 0 spiro atoms. The van der Waals surface area contributed by atoms with E-state index in [1.165, 1.54) is 0 Å². The van der Waals surface area contributed by atoms with E-state index in [0.29, 0.717) is 11.4 Å². The molecule has 1 aromatic heterocycles. The Morgan fingerprint density at radius 3 is 2.33 bits per heavy atom. The van der Waals surface area contributed by atoms with Crippen LogP contribution in [0.2, 0.25) is 0 Å². The van der Waals surface area contributed by atoms with Crippen molar-refractivity contribution in [3.63, 3.8) is 0 Å². The van der Waals surface area contributed by atoms with Crippen molar-refractivity contribution in [1.82, 2.24) is 4.98 Å². The van der Waals surface area contributed by atoms with Crippen molar-refractivity contribution in [3.8, 4) is 6.07 Å². The molecular formula is C16H21F2N3. The van der Waals surface area contributed by atoms with Gasteiger partial charge in [0, 0.05) is 31.6 Å². The summed E-state index contributed by atoms with van der Waals surface area (Å²) < 4.78 is 26.5. The lowest BCUT2D eigenvalue weighted by atomic mass is 9.85. The first kappa shape index (κ1) is 15.7. The number of rotatable bonds is 1. The maximum Gasteiger partial charge on any atom is 0.251 e. The molecule has 0 saturated carbocycles. The molecule has 1 saturated heterocycles. The Balaban J connectivity index is 2.38. The molecule has 0 amide bonds. The van der Waals surface area contributed by atoms with Gasteiger partial charge in [-0.3, -0.25) is 0 Å². The minimum absolute atomic E-state index is 0.101. The van der Waals surface area contributed by atoms with Crippen LogP contribution in [0.4, 0.5) is 14.6 Å². The molecule has 2 heterocycles. The van der Waals surface area contributed by atoms with E-state index in [2.05, 4.69) is 31.8 Å². The van der Waals surface area contributed by atoms with E-state index >= 15 is 0 Å². The number of halogens is 2. The number of piperidine rings is 1. The van der Waals surface area contributed by atoms with Gasteiger partial charge < -0.3 is 4.90 Å². The molecule has 1 fully saturated rings. The summed E-state index contributed by atoms with van der Waals surface area (Å²) in [6.07, 6.45) is -0.362. The molecule has 0 bridgehead atoms. The second-order valence-electron chi connectivity index (χ2n) is 6.70.